The molecule has 1 fully saturated rings. The summed E-state index contributed by atoms with van der Waals surface area (Å²) in [5, 5.41) is 6.42. The lowest BCUT2D eigenvalue weighted by Gasteiger charge is -2.42. The zero-order valence-corrected chi connectivity index (χ0v) is 34.1. The number of piperazine rings is 1. The van der Waals surface area contributed by atoms with E-state index in [0.29, 0.717) is 59.5 Å². The van der Waals surface area contributed by atoms with Gasteiger partial charge < -0.3 is 25.0 Å². The molecule has 4 rings (SSSR count). The number of amides is 1. The molecule has 1 saturated heterocycles. The maximum atomic E-state index is 14.0. The number of rotatable bonds is 18. The summed E-state index contributed by atoms with van der Waals surface area (Å²) in [4.78, 5) is 53.3. The number of alkyl halides is 17. The Bertz CT molecular complexity index is 2200. The van der Waals surface area contributed by atoms with E-state index in [0.717, 1.165) is 16.9 Å². The minimum Gasteiger partial charge on any atom is -0.464 e. The number of hydrogen-bond donors (Lipinski definition) is 2. The van der Waals surface area contributed by atoms with Gasteiger partial charge in [0.15, 0.2) is 5.13 Å². The van der Waals surface area contributed by atoms with Crippen LogP contribution in [0.1, 0.15) is 33.9 Å². The highest BCUT2D eigenvalue weighted by atomic mass is 35.5. The summed E-state index contributed by atoms with van der Waals surface area (Å²) >= 11 is 7.22. The van der Waals surface area contributed by atoms with E-state index < -0.39 is 85.1 Å². The number of aryl methyl sites for hydroxylation is 2. The number of halogens is 18. The summed E-state index contributed by atoms with van der Waals surface area (Å²) in [6.07, 6.45) is -17.1. The van der Waals surface area contributed by atoms with Crippen LogP contribution in [0.15, 0.2) is 30.5 Å². The zero-order valence-electron chi connectivity index (χ0n) is 32.5. The largest absolute Gasteiger partial charge is 0.473 e. The smallest absolute Gasteiger partial charge is 0.464 e. The summed E-state index contributed by atoms with van der Waals surface area (Å²) in [5.41, 5.74) is 1.18. The Morgan fingerprint density at radius 3 is 1.88 bits per heavy atom. The molecule has 0 atom stereocenters. The van der Waals surface area contributed by atoms with Gasteiger partial charge in [-0.3, -0.25) is 19.3 Å². The quantitative estimate of drug-likeness (QED) is 0.0932. The van der Waals surface area contributed by atoms with Gasteiger partial charge in [-0.05, 0) is 25.5 Å². The molecule has 3 heterocycles. The third kappa shape index (κ3) is 10.5. The second kappa shape index (κ2) is 18.7. The zero-order chi connectivity index (χ0) is 49.4. The van der Waals surface area contributed by atoms with Crippen molar-refractivity contribution in [1.82, 2.24) is 19.9 Å². The second-order valence-electron chi connectivity index (χ2n) is 13.7. The molecule has 1 aromatic carbocycles. The molecule has 2 N–H and O–H groups in total. The maximum Gasteiger partial charge on any atom is 0.473 e. The fourth-order valence-electron chi connectivity index (χ4n) is 5.46. The molecule has 1 aliphatic heterocycles. The van der Waals surface area contributed by atoms with Crippen LogP contribution in [0, 0.1) is 13.8 Å². The van der Waals surface area contributed by atoms with E-state index in [4.69, 9.17) is 16.3 Å². The Hall–Kier alpha value is -5.00. The standard InChI is InChI=1S/C34H29ClF17N7O5S/c1-16-4-3-5-18(35)24(16)57-25(62)19-15-53-26(65-19)56-20-14-21(55-17(2)54-20)59-10-8-58(9-11-59)12-13-63-22(60)6-7-23(61)64-34(51,52)32(46,47)30(42,43)28(38,39)27(36,37)29(40,41)31(44,45)33(48,49)50/h3-5,14-15H,6-13H2,1-2H3,(H,57,62)(H,53,54,55,56). The van der Waals surface area contributed by atoms with Crippen LogP contribution < -0.4 is 15.5 Å². The van der Waals surface area contributed by atoms with Crippen molar-refractivity contribution in [2.24, 2.45) is 0 Å². The lowest BCUT2D eigenvalue weighted by atomic mass is 9.90. The average molecular weight is 1010 g/mol. The van der Waals surface area contributed by atoms with Crippen LogP contribution in [0.2, 0.25) is 5.02 Å². The van der Waals surface area contributed by atoms with Crippen LogP contribution >= 0.6 is 22.9 Å². The van der Waals surface area contributed by atoms with Gasteiger partial charge in [-0.15, -0.1) is 0 Å². The van der Waals surface area contributed by atoms with Gasteiger partial charge >= 0.3 is 59.8 Å². The van der Waals surface area contributed by atoms with Crippen LogP contribution in [0.5, 0.6) is 0 Å². The first-order chi connectivity index (χ1) is 29.6. The lowest BCUT2D eigenvalue weighted by Crippen LogP contribution is -2.74. The molecular weight excluding hydrogens is 977 g/mol. The molecule has 0 radical (unpaired) electrons. The highest BCUT2D eigenvalue weighted by Gasteiger charge is 2.96. The normalized spacial score (nSPS) is 15.2. The van der Waals surface area contributed by atoms with E-state index in [-0.39, 0.29) is 11.4 Å². The van der Waals surface area contributed by atoms with E-state index in [2.05, 4.69) is 30.3 Å². The number of nitrogens with one attached hydrogen (secondary N) is 2. The first-order valence-electron chi connectivity index (χ1n) is 17.8. The number of esters is 2. The van der Waals surface area contributed by atoms with Crippen molar-refractivity contribution in [3.8, 4) is 0 Å². The summed E-state index contributed by atoms with van der Waals surface area (Å²) in [7, 11) is 0. The van der Waals surface area contributed by atoms with Crippen molar-refractivity contribution in [3.63, 3.8) is 0 Å². The van der Waals surface area contributed by atoms with Crippen molar-refractivity contribution in [2.45, 2.75) is 74.5 Å². The minimum atomic E-state index is -8.84. The molecule has 1 amide bonds. The summed E-state index contributed by atoms with van der Waals surface area (Å²) in [5.74, 6) is -55.1. The Balaban J connectivity index is 1.25. The van der Waals surface area contributed by atoms with Crippen LogP contribution in [0.3, 0.4) is 0 Å². The van der Waals surface area contributed by atoms with E-state index in [1.807, 2.05) is 4.90 Å². The van der Waals surface area contributed by atoms with Crippen molar-refractivity contribution in [3.05, 3.63) is 51.7 Å². The maximum absolute atomic E-state index is 14.0. The molecule has 2 aromatic heterocycles. The van der Waals surface area contributed by atoms with E-state index >= 15 is 0 Å². The lowest BCUT2D eigenvalue weighted by molar-refractivity contribution is -0.474. The number of benzene rings is 1. The fourth-order valence-corrected chi connectivity index (χ4v) is 6.45. The number of nitrogens with zero attached hydrogens (tertiary/aromatic N) is 5. The van der Waals surface area contributed by atoms with Gasteiger partial charge in [-0.25, -0.2) is 15.0 Å². The van der Waals surface area contributed by atoms with Crippen molar-refractivity contribution in [1.29, 1.82) is 0 Å². The van der Waals surface area contributed by atoms with E-state index in [9.17, 15) is 89.0 Å². The Morgan fingerprint density at radius 2 is 1.31 bits per heavy atom. The number of anilines is 4. The van der Waals surface area contributed by atoms with E-state index in [1.54, 1.807) is 43.0 Å². The minimum absolute atomic E-state index is 0.0121. The SMILES string of the molecule is Cc1nc(Nc2ncc(C(=O)Nc3c(C)cccc3Cl)s2)cc(N2CCN(CCOC(=O)CCC(=O)OC(F)(F)C(F)(F)C(F)(F)C(F)(F)C(F)(F)C(F)(F)C(F)(F)C(F)(F)F)CC2)n1. The van der Waals surface area contributed by atoms with Crippen molar-refractivity contribution in [2.75, 3.05) is 54.9 Å². The molecule has 0 unspecified atom stereocenters. The first-order valence-corrected chi connectivity index (χ1v) is 19.0. The summed E-state index contributed by atoms with van der Waals surface area (Å²) in [6.45, 7) is 4.20. The monoisotopic (exact) mass is 1010 g/mol. The molecule has 31 heteroatoms. The van der Waals surface area contributed by atoms with Gasteiger partial charge in [-0.1, -0.05) is 35.1 Å². The van der Waals surface area contributed by atoms with Gasteiger partial charge in [0.25, 0.3) is 5.91 Å². The summed E-state index contributed by atoms with van der Waals surface area (Å²) in [6, 6.07) is 6.72. The van der Waals surface area contributed by atoms with Gasteiger partial charge in [0, 0.05) is 38.8 Å². The van der Waals surface area contributed by atoms with Gasteiger partial charge in [0.2, 0.25) is 0 Å². The van der Waals surface area contributed by atoms with Gasteiger partial charge in [0.1, 0.15) is 28.9 Å². The molecule has 0 bridgehead atoms. The predicted octanol–water partition coefficient (Wildman–Crippen LogP) is 9.15. The van der Waals surface area contributed by atoms with E-state index in [1.165, 1.54) is 6.20 Å². The summed E-state index contributed by atoms with van der Waals surface area (Å²) < 4.78 is 235. The Kier molecular flexibility index (Phi) is 15.1. The number of ether oxygens (including phenoxy) is 2. The molecule has 12 nitrogen and oxygen atoms in total. The Morgan fingerprint density at radius 1 is 0.754 bits per heavy atom. The molecule has 0 saturated carbocycles. The molecule has 1 aliphatic rings. The van der Waals surface area contributed by atoms with Crippen LogP contribution in [-0.4, -0.2) is 125 Å². The number of thiazole rings is 1. The molecule has 65 heavy (non-hydrogen) atoms. The number of hydrogen-bond acceptors (Lipinski definition) is 12. The van der Waals surface area contributed by atoms with Gasteiger partial charge in [-0.2, -0.15) is 74.6 Å². The van der Waals surface area contributed by atoms with Crippen LogP contribution in [0.25, 0.3) is 0 Å². The molecule has 3 aromatic rings. The second-order valence-corrected chi connectivity index (χ2v) is 15.1. The fraction of sp³-hybridized carbons (Fsp3) is 0.529. The van der Waals surface area contributed by atoms with Crippen molar-refractivity contribution < 1.29 is 98.5 Å². The molecule has 362 valence electrons. The predicted molar refractivity (Wildman–Crippen MR) is 192 cm³/mol. The molecule has 0 aliphatic carbocycles. The molecule has 0 spiro atoms. The van der Waals surface area contributed by atoms with Crippen LogP contribution in [0.4, 0.5) is 97.1 Å². The van der Waals surface area contributed by atoms with Crippen LogP contribution in [-0.2, 0) is 19.1 Å². The topological polar surface area (TPSA) is 139 Å². The highest BCUT2D eigenvalue weighted by Crippen LogP contribution is 2.64. The number of para-hydroxylation sites is 1. The average Bonchev–Trinajstić information content (AvgIpc) is 3.66. The number of aromatic nitrogens is 3. The third-order valence-corrected chi connectivity index (χ3v) is 10.3. The number of carbonyl (C=O) groups is 3. The number of carbonyl (C=O) groups excluding carboxylic acids is 3. The van der Waals surface area contributed by atoms with Crippen molar-refractivity contribution >= 4 is 63.2 Å². The Labute approximate surface area is 362 Å². The van der Waals surface area contributed by atoms with Gasteiger partial charge in [0.05, 0.1) is 29.7 Å². The first kappa shape index (κ1) is 52.6. The third-order valence-electron chi connectivity index (χ3n) is 9.08. The molecular formula is C34H29ClF17N7O5S. The highest BCUT2D eigenvalue weighted by molar-refractivity contribution is 7.17.